The number of nitrogens with one attached hydrogen (secondary N) is 1. The predicted molar refractivity (Wildman–Crippen MR) is 75.5 cm³/mol. The van der Waals surface area contributed by atoms with Gasteiger partial charge in [0.1, 0.15) is 0 Å². The van der Waals surface area contributed by atoms with E-state index in [-0.39, 0.29) is 12.0 Å². The Morgan fingerprint density at radius 1 is 1.37 bits per heavy atom. The summed E-state index contributed by atoms with van der Waals surface area (Å²) in [7, 11) is 1.90. The molecule has 0 saturated carbocycles. The SMILES string of the molecule is CNCC1CN(C(=O)c2cc(C)cc(C)c2)CCO1. The van der Waals surface area contributed by atoms with Crippen LogP contribution >= 0.6 is 0 Å². The van der Waals surface area contributed by atoms with E-state index >= 15 is 0 Å². The van der Waals surface area contributed by atoms with Crippen molar-refractivity contribution in [2.75, 3.05) is 33.3 Å². The van der Waals surface area contributed by atoms with Gasteiger partial charge in [-0.25, -0.2) is 0 Å². The fourth-order valence-corrected chi connectivity index (χ4v) is 2.54. The molecule has 1 N–H and O–H groups in total. The topological polar surface area (TPSA) is 41.6 Å². The lowest BCUT2D eigenvalue weighted by molar-refractivity contribution is -0.0196. The van der Waals surface area contributed by atoms with Crippen LogP contribution in [0.4, 0.5) is 0 Å². The lowest BCUT2D eigenvalue weighted by Gasteiger charge is -2.33. The van der Waals surface area contributed by atoms with Crippen LogP contribution in [-0.4, -0.2) is 50.2 Å². The van der Waals surface area contributed by atoms with Crippen LogP contribution < -0.4 is 5.32 Å². The number of ether oxygens (including phenoxy) is 1. The molecule has 1 aliphatic rings. The van der Waals surface area contributed by atoms with E-state index in [1.165, 1.54) is 0 Å². The largest absolute Gasteiger partial charge is 0.373 e. The number of aryl methyl sites for hydroxylation is 2. The number of rotatable bonds is 3. The minimum Gasteiger partial charge on any atom is -0.373 e. The van der Waals surface area contributed by atoms with Gasteiger partial charge in [-0.2, -0.15) is 0 Å². The molecule has 2 rings (SSSR count). The molecule has 1 fully saturated rings. The smallest absolute Gasteiger partial charge is 0.254 e. The van der Waals surface area contributed by atoms with Crippen molar-refractivity contribution in [3.05, 3.63) is 34.9 Å². The quantitative estimate of drug-likeness (QED) is 0.894. The fourth-order valence-electron chi connectivity index (χ4n) is 2.54. The van der Waals surface area contributed by atoms with E-state index in [9.17, 15) is 4.79 Å². The van der Waals surface area contributed by atoms with Crippen LogP contribution in [0.15, 0.2) is 18.2 Å². The van der Waals surface area contributed by atoms with Gasteiger partial charge in [-0.3, -0.25) is 4.79 Å². The van der Waals surface area contributed by atoms with Crippen molar-refractivity contribution < 1.29 is 9.53 Å². The molecular weight excluding hydrogens is 240 g/mol. The molecule has 19 heavy (non-hydrogen) atoms. The predicted octanol–water partition coefficient (Wildman–Crippen LogP) is 1.36. The molecule has 1 aliphatic heterocycles. The summed E-state index contributed by atoms with van der Waals surface area (Å²) in [6.07, 6.45) is 0.0913. The minimum absolute atomic E-state index is 0.0913. The third-order valence-corrected chi connectivity index (χ3v) is 3.33. The van der Waals surface area contributed by atoms with Gasteiger partial charge < -0.3 is 15.0 Å². The second-order valence-corrected chi connectivity index (χ2v) is 5.18. The summed E-state index contributed by atoms with van der Waals surface area (Å²) in [5, 5.41) is 3.09. The molecule has 0 radical (unpaired) electrons. The van der Waals surface area contributed by atoms with E-state index < -0.39 is 0 Å². The Morgan fingerprint density at radius 3 is 2.68 bits per heavy atom. The van der Waals surface area contributed by atoms with E-state index in [4.69, 9.17) is 4.74 Å². The maximum Gasteiger partial charge on any atom is 0.254 e. The summed E-state index contributed by atoms with van der Waals surface area (Å²) in [5.74, 6) is 0.108. The Kier molecular flexibility index (Phi) is 4.56. The molecule has 1 aromatic carbocycles. The number of amides is 1. The first-order valence-corrected chi connectivity index (χ1v) is 6.74. The van der Waals surface area contributed by atoms with Gasteiger partial charge in [0, 0.05) is 25.2 Å². The highest BCUT2D eigenvalue weighted by Crippen LogP contribution is 2.14. The van der Waals surface area contributed by atoms with E-state index in [1.54, 1.807) is 0 Å². The van der Waals surface area contributed by atoms with E-state index in [2.05, 4.69) is 11.4 Å². The van der Waals surface area contributed by atoms with Gasteiger partial charge in [0.15, 0.2) is 0 Å². The van der Waals surface area contributed by atoms with Gasteiger partial charge >= 0.3 is 0 Å². The first-order chi connectivity index (χ1) is 9.10. The van der Waals surface area contributed by atoms with Crippen molar-refractivity contribution in [3.63, 3.8) is 0 Å². The number of morpholine rings is 1. The Bertz CT molecular complexity index is 437. The maximum absolute atomic E-state index is 12.5. The number of benzene rings is 1. The number of hydrogen-bond donors (Lipinski definition) is 1. The third-order valence-electron chi connectivity index (χ3n) is 3.33. The minimum atomic E-state index is 0.0913. The zero-order valence-electron chi connectivity index (χ0n) is 11.9. The number of likely N-dealkylation sites (N-methyl/N-ethyl adjacent to an activating group) is 1. The van der Waals surface area contributed by atoms with E-state index in [1.807, 2.05) is 37.9 Å². The molecule has 0 aliphatic carbocycles. The summed E-state index contributed by atoms with van der Waals surface area (Å²) < 4.78 is 5.63. The van der Waals surface area contributed by atoms with Gasteiger partial charge in [0.05, 0.1) is 12.7 Å². The molecule has 4 heteroatoms. The average Bonchev–Trinajstić information content (AvgIpc) is 2.37. The van der Waals surface area contributed by atoms with Crippen LogP contribution in [0.1, 0.15) is 21.5 Å². The van der Waals surface area contributed by atoms with Crippen molar-refractivity contribution >= 4 is 5.91 Å². The molecule has 0 bridgehead atoms. The highest BCUT2D eigenvalue weighted by Gasteiger charge is 2.24. The lowest BCUT2D eigenvalue weighted by Crippen LogP contribution is -2.48. The highest BCUT2D eigenvalue weighted by molar-refractivity contribution is 5.94. The molecule has 1 heterocycles. The Morgan fingerprint density at radius 2 is 2.05 bits per heavy atom. The molecule has 104 valence electrons. The summed E-state index contributed by atoms with van der Waals surface area (Å²) in [6.45, 7) is 6.76. The number of hydrogen-bond acceptors (Lipinski definition) is 3. The molecule has 1 amide bonds. The van der Waals surface area contributed by atoms with Crippen LogP contribution in [0.2, 0.25) is 0 Å². The number of carbonyl (C=O) groups is 1. The van der Waals surface area contributed by atoms with E-state index in [0.29, 0.717) is 19.7 Å². The number of carbonyl (C=O) groups excluding carboxylic acids is 1. The van der Waals surface area contributed by atoms with Crippen LogP contribution in [-0.2, 0) is 4.74 Å². The molecule has 0 spiro atoms. The van der Waals surface area contributed by atoms with Crippen LogP contribution in [0.25, 0.3) is 0 Å². The normalized spacial score (nSPS) is 19.5. The van der Waals surface area contributed by atoms with Crippen LogP contribution in [0.3, 0.4) is 0 Å². The van der Waals surface area contributed by atoms with Gasteiger partial charge in [0.25, 0.3) is 5.91 Å². The zero-order valence-corrected chi connectivity index (χ0v) is 11.9. The van der Waals surface area contributed by atoms with Crippen LogP contribution in [0, 0.1) is 13.8 Å². The monoisotopic (exact) mass is 262 g/mol. The highest BCUT2D eigenvalue weighted by atomic mass is 16.5. The summed E-state index contributed by atoms with van der Waals surface area (Å²) in [5.41, 5.74) is 3.04. The summed E-state index contributed by atoms with van der Waals surface area (Å²) in [6, 6.07) is 6.00. The van der Waals surface area contributed by atoms with Crippen molar-refractivity contribution in [1.82, 2.24) is 10.2 Å². The van der Waals surface area contributed by atoms with Gasteiger partial charge in [-0.05, 0) is 33.0 Å². The van der Waals surface area contributed by atoms with E-state index in [0.717, 1.165) is 23.2 Å². The standard InChI is InChI=1S/C15H22N2O2/c1-11-6-12(2)8-13(7-11)15(18)17-4-5-19-14(10-17)9-16-3/h6-8,14,16H,4-5,9-10H2,1-3H3. The third kappa shape index (κ3) is 3.55. The first-order valence-electron chi connectivity index (χ1n) is 6.74. The van der Waals surface area contributed by atoms with Crippen molar-refractivity contribution in [1.29, 1.82) is 0 Å². The average molecular weight is 262 g/mol. The van der Waals surface area contributed by atoms with Gasteiger partial charge in [-0.15, -0.1) is 0 Å². The lowest BCUT2D eigenvalue weighted by atomic mass is 10.1. The molecule has 1 atom stereocenters. The van der Waals surface area contributed by atoms with Crippen LogP contribution in [0.5, 0.6) is 0 Å². The molecule has 1 unspecified atom stereocenters. The second-order valence-electron chi connectivity index (χ2n) is 5.18. The van der Waals surface area contributed by atoms with Crippen molar-refractivity contribution in [2.45, 2.75) is 20.0 Å². The second kappa shape index (κ2) is 6.17. The summed E-state index contributed by atoms with van der Waals surface area (Å²) in [4.78, 5) is 14.4. The van der Waals surface area contributed by atoms with Crippen molar-refractivity contribution in [3.8, 4) is 0 Å². The Balaban J connectivity index is 2.10. The Labute approximate surface area is 114 Å². The maximum atomic E-state index is 12.5. The zero-order chi connectivity index (χ0) is 13.8. The van der Waals surface area contributed by atoms with Gasteiger partial charge in [-0.1, -0.05) is 17.2 Å². The Hall–Kier alpha value is -1.39. The fraction of sp³-hybridized carbons (Fsp3) is 0.533. The summed E-state index contributed by atoms with van der Waals surface area (Å²) >= 11 is 0. The molecule has 1 aromatic rings. The molecule has 0 aromatic heterocycles. The van der Waals surface area contributed by atoms with Gasteiger partial charge in [0.2, 0.25) is 0 Å². The molecule has 1 saturated heterocycles. The first kappa shape index (κ1) is 14.0. The number of nitrogens with zero attached hydrogens (tertiary/aromatic N) is 1. The molecular formula is C15H22N2O2. The van der Waals surface area contributed by atoms with Crippen molar-refractivity contribution in [2.24, 2.45) is 0 Å². The molecule has 4 nitrogen and oxygen atoms in total.